The summed E-state index contributed by atoms with van der Waals surface area (Å²) in [7, 11) is 1.95. The lowest BCUT2D eigenvalue weighted by Gasteiger charge is -2.05. The zero-order valence-corrected chi connectivity index (χ0v) is 8.97. The van der Waals surface area contributed by atoms with Crippen molar-refractivity contribution >= 4 is 5.91 Å². The lowest BCUT2D eigenvalue weighted by atomic mass is 9.99. The fraction of sp³-hybridized carbons (Fsp3) is 0.417. The molecule has 1 aromatic carbocycles. The van der Waals surface area contributed by atoms with E-state index >= 15 is 0 Å². The second-order valence-corrected chi connectivity index (χ2v) is 3.84. The Bertz CT molecular complexity index is 374. The number of hydrogen-bond donors (Lipinski definition) is 2. The van der Waals surface area contributed by atoms with Crippen LogP contribution in [-0.2, 0) is 13.0 Å². The van der Waals surface area contributed by atoms with E-state index in [0.717, 1.165) is 30.5 Å². The first-order chi connectivity index (χ1) is 7.33. The van der Waals surface area contributed by atoms with E-state index in [9.17, 15) is 4.79 Å². The third kappa shape index (κ3) is 2.02. The summed E-state index contributed by atoms with van der Waals surface area (Å²) in [6.07, 6.45) is 2.04. The molecule has 1 aromatic rings. The molecule has 15 heavy (non-hydrogen) atoms. The second-order valence-electron chi connectivity index (χ2n) is 3.84. The molecule has 0 aliphatic carbocycles. The molecule has 1 amide bonds. The Morgan fingerprint density at radius 3 is 3.13 bits per heavy atom. The fourth-order valence-corrected chi connectivity index (χ4v) is 2.02. The SMILES string of the molecule is CNCCCc1cccc2c1C(=O)NC2. The Kier molecular flexibility index (Phi) is 3.02. The van der Waals surface area contributed by atoms with E-state index in [1.807, 2.05) is 19.2 Å². The molecule has 0 fully saturated rings. The number of hydrogen-bond acceptors (Lipinski definition) is 2. The van der Waals surface area contributed by atoms with Crippen LogP contribution < -0.4 is 10.6 Å². The molecule has 1 heterocycles. The number of benzene rings is 1. The number of aryl methyl sites for hydroxylation is 1. The van der Waals surface area contributed by atoms with Crippen molar-refractivity contribution in [3.05, 3.63) is 34.9 Å². The van der Waals surface area contributed by atoms with Crippen LogP contribution in [0.25, 0.3) is 0 Å². The normalized spacial score (nSPS) is 13.8. The standard InChI is InChI=1S/C12H16N2O/c1-13-7-3-6-9-4-2-5-10-8-14-12(15)11(9)10/h2,4-5,13H,3,6-8H2,1H3,(H,14,15). The molecular formula is C12H16N2O. The van der Waals surface area contributed by atoms with E-state index in [1.54, 1.807) is 0 Å². The molecular weight excluding hydrogens is 188 g/mol. The molecule has 0 bridgehead atoms. The van der Waals surface area contributed by atoms with Crippen molar-refractivity contribution in [3.8, 4) is 0 Å². The Labute approximate surface area is 89.9 Å². The lowest BCUT2D eigenvalue weighted by Crippen LogP contribution is -2.14. The van der Waals surface area contributed by atoms with Crippen LogP contribution in [0.15, 0.2) is 18.2 Å². The third-order valence-electron chi connectivity index (χ3n) is 2.78. The first-order valence-corrected chi connectivity index (χ1v) is 5.36. The molecule has 0 atom stereocenters. The Morgan fingerprint density at radius 1 is 1.47 bits per heavy atom. The molecule has 0 spiro atoms. The van der Waals surface area contributed by atoms with Gasteiger partial charge in [-0.2, -0.15) is 0 Å². The van der Waals surface area contributed by atoms with Crippen LogP contribution in [0.2, 0.25) is 0 Å². The van der Waals surface area contributed by atoms with Gasteiger partial charge in [0.15, 0.2) is 0 Å². The van der Waals surface area contributed by atoms with Gasteiger partial charge in [0, 0.05) is 12.1 Å². The summed E-state index contributed by atoms with van der Waals surface area (Å²) in [6.45, 7) is 1.68. The molecule has 1 aliphatic rings. The molecule has 2 rings (SSSR count). The number of carbonyl (C=O) groups excluding carboxylic acids is 1. The number of fused-ring (bicyclic) bond motifs is 1. The van der Waals surface area contributed by atoms with Crippen LogP contribution in [0.4, 0.5) is 0 Å². The zero-order chi connectivity index (χ0) is 10.7. The number of rotatable bonds is 4. The molecule has 1 aliphatic heterocycles. The summed E-state index contributed by atoms with van der Waals surface area (Å²) in [5.74, 6) is 0.0880. The Hall–Kier alpha value is -1.35. The first kappa shape index (κ1) is 10.2. The van der Waals surface area contributed by atoms with E-state index in [0.29, 0.717) is 6.54 Å². The van der Waals surface area contributed by atoms with Crippen molar-refractivity contribution < 1.29 is 4.79 Å². The van der Waals surface area contributed by atoms with Crippen LogP contribution in [0.1, 0.15) is 27.9 Å². The Balaban J connectivity index is 2.17. The van der Waals surface area contributed by atoms with E-state index in [-0.39, 0.29) is 5.91 Å². The highest BCUT2D eigenvalue weighted by molar-refractivity contribution is 5.99. The summed E-state index contributed by atoms with van der Waals surface area (Å²) >= 11 is 0. The molecule has 0 saturated heterocycles. The summed E-state index contributed by atoms with van der Waals surface area (Å²) in [5.41, 5.74) is 3.23. The van der Waals surface area contributed by atoms with Gasteiger partial charge < -0.3 is 10.6 Å². The molecule has 3 nitrogen and oxygen atoms in total. The zero-order valence-electron chi connectivity index (χ0n) is 8.97. The second kappa shape index (κ2) is 4.45. The predicted molar refractivity (Wildman–Crippen MR) is 59.9 cm³/mol. The minimum Gasteiger partial charge on any atom is -0.348 e. The molecule has 0 saturated carbocycles. The van der Waals surface area contributed by atoms with Gasteiger partial charge in [0.1, 0.15) is 0 Å². The van der Waals surface area contributed by atoms with Crippen LogP contribution in [0.3, 0.4) is 0 Å². The average Bonchev–Trinajstić information content (AvgIpc) is 2.62. The van der Waals surface area contributed by atoms with Crippen LogP contribution >= 0.6 is 0 Å². The van der Waals surface area contributed by atoms with Gasteiger partial charge >= 0.3 is 0 Å². The molecule has 80 valence electrons. The largest absolute Gasteiger partial charge is 0.348 e. The van der Waals surface area contributed by atoms with Gasteiger partial charge in [0.05, 0.1) is 0 Å². The summed E-state index contributed by atoms with van der Waals surface area (Å²) in [6, 6.07) is 6.11. The van der Waals surface area contributed by atoms with Crippen LogP contribution in [0.5, 0.6) is 0 Å². The van der Waals surface area contributed by atoms with Gasteiger partial charge in [-0.3, -0.25) is 4.79 Å². The fourth-order valence-electron chi connectivity index (χ4n) is 2.02. The highest BCUT2D eigenvalue weighted by Crippen LogP contribution is 2.20. The van der Waals surface area contributed by atoms with Crippen LogP contribution in [0, 0.1) is 0 Å². The average molecular weight is 204 g/mol. The van der Waals surface area contributed by atoms with Gasteiger partial charge in [0.2, 0.25) is 0 Å². The van der Waals surface area contributed by atoms with Crippen LogP contribution in [-0.4, -0.2) is 19.5 Å². The van der Waals surface area contributed by atoms with Gasteiger partial charge in [-0.1, -0.05) is 18.2 Å². The molecule has 2 N–H and O–H groups in total. The highest BCUT2D eigenvalue weighted by Gasteiger charge is 2.21. The van der Waals surface area contributed by atoms with Crippen molar-refractivity contribution in [1.29, 1.82) is 0 Å². The molecule has 3 heteroatoms. The van der Waals surface area contributed by atoms with Gasteiger partial charge in [-0.15, -0.1) is 0 Å². The molecule has 0 radical (unpaired) electrons. The third-order valence-corrected chi connectivity index (χ3v) is 2.78. The summed E-state index contributed by atoms with van der Waals surface area (Å²) < 4.78 is 0. The van der Waals surface area contributed by atoms with Crippen molar-refractivity contribution in [3.63, 3.8) is 0 Å². The van der Waals surface area contributed by atoms with Gasteiger partial charge in [-0.25, -0.2) is 0 Å². The number of carbonyl (C=O) groups is 1. The van der Waals surface area contributed by atoms with E-state index in [4.69, 9.17) is 0 Å². The van der Waals surface area contributed by atoms with E-state index in [2.05, 4.69) is 16.7 Å². The Morgan fingerprint density at radius 2 is 2.33 bits per heavy atom. The first-order valence-electron chi connectivity index (χ1n) is 5.36. The predicted octanol–water partition coefficient (Wildman–Crippen LogP) is 1.08. The summed E-state index contributed by atoms with van der Waals surface area (Å²) in [4.78, 5) is 11.6. The summed E-state index contributed by atoms with van der Waals surface area (Å²) in [5, 5.41) is 5.98. The minimum absolute atomic E-state index is 0.0880. The van der Waals surface area contributed by atoms with E-state index in [1.165, 1.54) is 5.56 Å². The minimum atomic E-state index is 0.0880. The van der Waals surface area contributed by atoms with Crippen molar-refractivity contribution in [2.75, 3.05) is 13.6 Å². The monoisotopic (exact) mass is 204 g/mol. The molecule has 0 unspecified atom stereocenters. The van der Waals surface area contributed by atoms with Gasteiger partial charge in [0.25, 0.3) is 5.91 Å². The number of amides is 1. The van der Waals surface area contributed by atoms with Crippen molar-refractivity contribution in [2.45, 2.75) is 19.4 Å². The van der Waals surface area contributed by atoms with Crippen molar-refractivity contribution in [1.82, 2.24) is 10.6 Å². The topological polar surface area (TPSA) is 41.1 Å². The van der Waals surface area contributed by atoms with Crippen molar-refractivity contribution in [2.24, 2.45) is 0 Å². The quantitative estimate of drug-likeness (QED) is 0.721. The van der Waals surface area contributed by atoms with Gasteiger partial charge in [-0.05, 0) is 37.6 Å². The molecule has 0 aromatic heterocycles. The number of nitrogens with one attached hydrogen (secondary N) is 2. The maximum absolute atomic E-state index is 11.6. The maximum atomic E-state index is 11.6. The van der Waals surface area contributed by atoms with E-state index < -0.39 is 0 Å². The maximum Gasteiger partial charge on any atom is 0.252 e. The smallest absolute Gasteiger partial charge is 0.252 e. The highest BCUT2D eigenvalue weighted by atomic mass is 16.1. The lowest BCUT2D eigenvalue weighted by molar-refractivity contribution is 0.0965.